The van der Waals surface area contributed by atoms with Gasteiger partial charge in [-0.15, -0.1) is 0 Å². The van der Waals surface area contributed by atoms with Gasteiger partial charge in [0.1, 0.15) is 5.82 Å². The van der Waals surface area contributed by atoms with Crippen molar-refractivity contribution in [2.24, 2.45) is 0 Å². The number of hydrogen-bond acceptors (Lipinski definition) is 6. The summed E-state index contributed by atoms with van der Waals surface area (Å²) in [5.74, 6) is 1.34. The number of para-hydroxylation sites is 1. The van der Waals surface area contributed by atoms with Crippen LogP contribution in [0.15, 0.2) is 67.0 Å². The Morgan fingerprint density at radius 1 is 0.861 bits per heavy atom. The van der Waals surface area contributed by atoms with Crippen LogP contribution in [0, 0.1) is 20.8 Å². The maximum absolute atomic E-state index is 13.1. The molecule has 4 aromatic rings. The third-order valence-corrected chi connectivity index (χ3v) is 6.67. The van der Waals surface area contributed by atoms with Crippen molar-refractivity contribution in [3.05, 3.63) is 83.7 Å². The largest absolute Gasteiger partial charge is 0.338 e. The standard InChI is InChI=1S/C28H31N7O/c1-20-16-22(3)24(17-21(20)2)25-18-26(35(32-25)23-8-5-4-6-9-23)31-27(36)19-33-12-14-34(15-13-33)28-29-10-7-11-30-28/h4-11,16-18H,12-15,19H2,1-3H3,(H,31,36). The molecule has 0 atom stereocenters. The lowest BCUT2D eigenvalue weighted by molar-refractivity contribution is -0.117. The molecular weight excluding hydrogens is 450 g/mol. The molecule has 0 bridgehead atoms. The van der Waals surface area contributed by atoms with E-state index in [1.165, 1.54) is 11.1 Å². The minimum absolute atomic E-state index is 0.0557. The van der Waals surface area contributed by atoms with Gasteiger partial charge < -0.3 is 10.2 Å². The number of nitrogens with zero attached hydrogens (tertiary/aromatic N) is 6. The van der Waals surface area contributed by atoms with Gasteiger partial charge >= 0.3 is 0 Å². The van der Waals surface area contributed by atoms with E-state index in [1.54, 1.807) is 12.4 Å². The van der Waals surface area contributed by atoms with Gasteiger partial charge in [-0.2, -0.15) is 5.10 Å². The molecule has 0 unspecified atom stereocenters. The molecule has 0 aliphatic carbocycles. The summed E-state index contributed by atoms with van der Waals surface area (Å²) >= 11 is 0. The molecule has 36 heavy (non-hydrogen) atoms. The number of rotatable bonds is 6. The molecule has 3 heterocycles. The Labute approximate surface area is 211 Å². The van der Waals surface area contributed by atoms with Crippen molar-refractivity contribution < 1.29 is 4.79 Å². The summed E-state index contributed by atoms with van der Waals surface area (Å²) in [6, 6.07) is 18.0. The number of piperazine rings is 1. The quantitative estimate of drug-likeness (QED) is 0.448. The van der Waals surface area contributed by atoms with E-state index in [-0.39, 0.29) is 5.91 Å². The Morgan fingerprint density at radius 2 is 1.56 bits per heavy atom. The van der Waals surface area contributed by atoms with Crippen LogP contribution in [0.25, 0.3) is 16.9 Å². The summed E-state index contributed by atoms with van der Waals surface area (Å²) < 4.78 is 1.81. The number of aromatic nitrogens is 4. The van der Waals surface area contributed by atoms with E-state index in [2.05, 4.69) is 58.0 Å². The fourth-order valence-electron chi connectivity index (χ4n) is 4.55. The van der Waals surface area contributed by atoms with Gasteiger partial charge in [-0.1, -0.05) is 24.3 Å². The summed E-state index contributed by atoms with van der Waals surface area (Å²) in [7, 11) is 0. The third-order valence-electron chi connectivity index (χ3n) is 6.67. The molecule has 0 saturated carbocycles. The smallest absolute Gasteiger partial charge is 0.239 e. The lowest BCUT2D eigenvalue weighted by atomic mass is 9.99. The van der Waals surface area contributed by atoms with Gasteiger partial charge in [0, 0.05) is 50.2 Å². The summed E-state index contributed by atoms with van der Waals surface area (Å²) in [5, 5.41) is 8.01. The highest BCUT2D eigenvalue weighted by atomic mass is 16.2. The number of amides is 1. The van der Waals surface area contributed by atoms with Crippen LogP contribution in [0.3, 0.4) is 0 Å². The van der Waals surface area contributed by atoms with Gasteiger partial charge in [0.15, 0.2) is 0 Å². The Balaban J connectivity index is 1.33. The fourth-order valence-corrected chi connectivity index (χ4v) is 4.55. The minimum Gasteiger partial charge on any atom is -0.338 e. The van der Waals surface area contributed by atoms with Crippen molar-refractivity contribution in [3.63, 3.8) is 0 Å². The van der Waals surface area contributed by atoms with E-state index in [4.69, 9.17) is 5.10 Å². The number of hydrogen-bond donors (Lipinski definition) is 1. The molecule has 1 aliphatic heterocycles. The van der Waals surface area contributed by atoms with Crippen molar-refractivity contribution in [2.45, 2.75) is 20.8 Å². The van der Waals surface area contributed by atoms with Gasteiger partial charge in [-0.05, 0) is 61.7 Å². The van der Waals surface area contributed by atoms with E-state index in [9.17, 15) is 4.79 Å². The number of nitrogens with one attached hydrogen (secondary N) is 1. The van der Waals surface area contributed by atoms with Crippen molar-refractivity contribution in [3.8, 4) is 16.9 Å². The van der Waals surface area contributed by atoms with Gasteiger partial charge in [0.2, 0.25) is 11.9 Å². The van der Waals surface area contributed by atoms with Gasteiger partial charge in [0.05, 0.1) is 17.9 Å². The molecule has 1 fully saturated rings. The molecule has 1 aliphatic rings. The van der Waals surface area contributed by atoms with E-state index in [1.807, 2.05) is 47.1 Å². The van der Waals surface area contributed by atoms with Gasteiger partial charge in [-0.25, -0.2) is 14.6 Å². The molecule has 2 aromatic carbocycles. The average Bonchev–Trinajstić information content (AvgIpc) is 3.31. The van der Waals surface area contributed by atoms with Crippen LogP contribution in [0.1, 0.15) is 16.7 Å². The number of aryl methyl sites for hydroxylation is 3. The van der Waals surface area contributed by atoms with E-state index < -0.39 is 0 Å². The second-order valence-corrected chi connectivity index (χ2v) is 9.27. The first kappa shape index (κ1) is 23.7. The second-order valence-electron chi connectivity index (χ2n) is 9.27. The maximum Gasteiger partial charge on any atom is 0.239 e. The molecule has 0 radical (unpaired) electrons. The van der Waals surface area contributed by atoms with E-state index in [0.717, 1.165) is 54.6 Å². The van der Waals surface area contributed by atoms with Crippen LogP contribution < -0.4 is 10.2 Å². The molecule has 5 rings (SSSR count). The summed E-state index contributed by atoms with van der Waals surface area (Å²) in [5.41, 5.74) is 6.45. The highest BCUT2D eigenvalue weighted by molar-refractivity contribution is 5.92. The summed E-state index contributed by atoms with van der Waals surface area (Å²) in [6.07, 6.45) is 3.51. The Bertz CT molecular complexity index is 1340. The lowest BCUT2D eigenvalue weighted by Crippen LogP contribution is -2.49. The topological polar surface area (TPSA) is 79.2 Å². The van der Waals surface area contributed by atoms with Crippen LogP contribution in [0.4, 0.5) is 11.8 Å². The van der Waals surface area contributed by atoms with Crippen molar-refractivity contribution in [2.75, 3.05) is 42.9 Å². The maximum atomic E-state index is 13.1. The lowest BCUT2D eigenvalue weighted by Gasteiger charge is -2.34. The zero-order valence-corrected chi connectivity index (χ0v) is 21.0. The zero-order chi connectivity index (χ0) is 25.1. The highest BCUT2D eigenvalue weighted by Crippen LogP contribution is 2.29. The van der Waals surface area contributed by atoms with Crippen LogP contribution in [-0.4, -0.2) is 63.3 Å². The number of carbonyl (C=O) groups excluding carboxylic acids is 1. The number of anilines is 2. The summed E-state index contributed by atoms with van der Waals surface area (Å²) in [4.78, 5) is 26.1. The molecule has 1 N–H and O–H groups in total. The number of benzene rings is 2. The first-order valence-corrected chi connectivity index (χ1v) is 12.3. The Hall–Kier alpha value is -4.04. The Kier molecular flexibility index (Phi) is 6.77. The zero-order valence-electron chi connectivity index (χ0n) is 21.0. The van der Waals surface area contributed by atoms with E-state index in [0.29, 0.717) is 12.4 Å². The minimum atomic E-state index is -0.0557. The molecule has 1 saturated heterocycles. The Morgan fingerprint density at radius 3 is 2.28 bits per heavy atom. The normalized spacial score (nSPS) is 14.1. The average molecular weight is 482 g/mol. The van der Waals surface area contributed by atoms with Crippen molar-refractivity contribution in [1.29, 1.82) is 0 Å². The molecule has 0 spiro atoms. The molecular formula is C28H31N7O. The molecule has 8 nitrogen and oxygen atoms in total. The van der Waals surface area contributed by atoms with Crippen molar-refractivity contribution in [1.82, 2.24) is 24.6 Å². The third kappa shape index (κ3) is 5.13. The predicted octanol–water partition coefficient (Wildman–Crippen LogP) is 4.02. The molecule has 1 amide bonds. The second kappa shape index (κ2) is 10.3. The van der Waals surface area contributed by atoms with Gasteiger partial charge in [0.25, 0.3) is 0 Å². The summed E-state index contributed by atoms with van der Waals surface area (Å²) in [6.45, 7) is 9.77. The van der Waals surface area contributed by atoms with Crippen molar-refractivity contribution >= 4 is 17.7 Å². The predicted molar refractivity (Wildman–Crippen MR) is 143 cm³/mol. The van der Waals surface area contributed by atoms with Crippen LogP contribution in [-0.2, 0) is 4.79 Å². The van der Waals surface area contributed by atoms with Crippen LogP contribution >= 0.6 is 0 Å². The van der Waals surface area contributed by atoms with Gasteiger partial charge in [-0.3, -0.25) is 9.69 Å². The molecule has 184 valence electrons. The SMILES string of the molecule is Cc1cc(C)c(-c2cc(NC(=O)CN3CCN(c4ncccn4)CC3)n(-c3ccccc3)n2)cc1C. The first-order chi connectivity index (χ1) is 17.5. The van der Waals surface area contributed by atoms with E-state index >= 15 is 0 Å². The molecule has 8 heteroatoms. The number of carbonyl (C=O) groups is 1. The molecule has 2 aromatic heterocycles. The monoisotopic (exact) mass is 481 g/mol. The fraction of sp³-hybridized carbons (Fsp3) is 0.286. The highest BCUT2D eigenvalue weighted by Gasteiger charge is 2.22. The van der Waals surface area contributed by atoms with Crippen LogP contribution in [0.5, 0.6) is 0 Å². The first-order valence-electron chi connectivity index (χ1n) is 12.3. The van der Waals surface area contributed by atoms with Crippen LogP contribution in [0.2, 0.25) is 0 Å².